The maximum absolute atomic E-state index is 14.9. The summed E-state index contributed by atoms with van der Waals surface area (Å²) in [5, 5.41) is 9.18. The van der Waals surface area contributed by atoms with Gasteiger partial charge in [-0.15, -0.1) is 0 Å². The minimum atomic E-state index is -4.55. The van der Waals surface area contributed by atoms with Crippen molar-refractivity contribution in [3.05, 3.63) is 88.7 Å². The van der Waals surface area contributed by atoms with Crippen LogP contribution < -0.4 is 9.47 Å². The van der Waals surface area contributed by atoms with E-state index >= 15 is 0 Å². The Morgan fingerprint density at radius 1 is 1.11 bits per heavy atom. The number of carbonyl (C=O) groups is 1. The van der Waals surface area contributed by atoms with Crippen molar-refractivity contribution in [3.63, 3.8) is 0 Å². The number of carboxylic acids is 1. The van der Waals surface area contributed by atoms with Crippen molar-refractivity contribution in [1.82, 2.24) is 4.90 Å². The first-order valence-electron chi connectivity index (χ1n) is 12.2. The minimum absolute atomic E-state index is 0.0741. The van der Waals surface area contributed by atoms with E-state index in [2.05, 4.69) is 0 Å². The van der Waals surface area contributed by atoms with Gasteiger partial charge in [-0.25, -0.2) is 4.39 Å². The third-order valence-electron chi connectivity index (χ3n) is 6.75. The predicted molar refractivity (Wildman–Crippen MR) is 133 cm³/mol. The van der Waals surface area contributed by atoms with Gasteiger partial charge in [0.1, 0.15) is 30.5 Å². The summed E-state index contributed by atoms with van der Waals surface area (Å²) in [7, 11) is 0. The Labute approximate surface area is 216 Å². The van der Waals surface area contributed by atoms with Crippen molar-refractivity contribution in [3.8, 4) is 22.6 Å². The molecule has 1 fully saturated rings. The molecular weight excluding hydrogens is 502 g/mol. The Morgan fingerprint density at radius 2 is 1.89 bits per heavy atom. The molecule has 0 unspecified atom stereocenters. The summed E-state index contributed by atoms with van der Waals surface area (Å²) in [5.74, 6) is -1.36. The first kappa shape index (κ1) is 25.8. The largest absolute Gasteiger partial charge is 0.489 e. The van der Waals surface area contributed by atoms with E-state index in [-0.39, 0.29) is 35.8 Å². The van der Waals surface area contributed by atoms with Gasteiger partial charge in [-0.1, -0.05) is 42.5 Å². The van der Waals surface area contributed by atoms with Crippen molar-refractivity contribution in [1.29, 1.82) is 0 Å². The summed E-state index contributed by atoms with van der Waals surface area (Å²) < 4.78 is 67.7. The molecule has 9 heteroatoms. The van der Waals surface area contributed by atoms with Crippen molar-refractivity contribution in [2.45, 2.75) is 19.2 Å². The monoisotopic (exact) mass is 527 g/mol. The number of fused-ring (bicyclic) bond motifs is 1. The zero-order chi connectivity index (χ0) is 26.9. The molecule has 1 N–H and O–H groups in total. The van der Waals surface area contributed by atoms with Crippen LogP contribution in [0, 0.1) is 11.7 Å². The van der Waals surface area contributed by atoms with Gasteiger partial charge in [-0.2, -0.15) is 13.2 Å². The standard InChI is InChI=1S/C29H25F4NO4/c30-26-12-22(13-27-24(26)10-19(17-38-27)14-34-9-8-21(15-34)28(35)36)37-16-18-6-7-23(20-4-2-1-3-5-20)25(11-18)29(31,32)33/h1-7,10-13,21H,8-9,14-17H2,(H,35,36)/t21-/m1/s1. The molecular formula is C29H25F4NO4. The molecule has 2 heterocycles. The number of halogens is 4. The fourth-order valence-electron chi connectivity index (χ4n) is 4.84. The van der Waals surface area contributed by atoms with Crippen LogP contribution in [-0.4, -0.2) is 42.2 Å². The molecule has 5 nitrogen and oxygen atoms in total. The van der Waals surface area contributed by atoms with E-state index in [9.17, 15) is 27.5 Å². The number of hydrogen-bond donors (Lipinski definition) is 1. The number of rotatable bonds is 7. The highest BCUT2D eigenvalue weighted by atomic mass is 19.4. The summed E-state index contributed by atoms with van der Waals surface area (Å²) >= 11 is 0. The maximum atomic E-state index is 14.9. The van der Waals surface area contributed by atoms with Gasteiger partial charge in [0.2, 0.25) is 0 Å². The van der Waals surface area contributed by atoms with Crippen LogP contribution in [-0.2, 0) is 17.6 Å². The van der Waals surface area contributed by atoms with Gasteiger partial charge < -0.3 is 14.6 Å². The second kappa shape index (κ2) is 10.5. The van der Waals surface area contributed by atoms with Gasteiger partial charge in [-0.05, 0) is 47.4 Å². The number of ether oxygens (including phenoxy) is 2. The van der Waals surface area contributed by atoms with Crippen molar-refractivity contribution in [2.24, 2.45) is 5.92 Å². The topological polar surface area (TPSA) is 59.0 Å². The summed E-state index contributed by atoms with van der Waals surface area (Å²) in [4.78, 5) is 13.2. The molecule has 5 rings (SSSR count). The number of likely N-dealkylation sites (tertiary alicyclic amines) is 1. The SMILES string of the molecule is O=C(O)[C@@H]1CCN(CC2=Cc3c(F)cc(OCc4ccc(-c5ccccc5)c(C(F)(F)F)c4)cc3OC2)C1. The lowest BCUT2D eigenvalue weighted by molar-refractivity contribution is -0.141. The maximum Gasteiger partial charge on any atom is 0.417 e. The van der Waals surface area contributed by atoms with Crippen LogP contribution in [0.5, 0.6) is 11.5 Å². The lowest BCUT2D eigenvalue weighted by atomic mass is 9.97. The van der Waals surface area contributed by atoms with Crippen LogP contribution in [0.3, 0.4) is 0 Å². The third kappa shape index (κ3) is 5.67. The highest BCUT2D eigenvalue weighted by Crippen LogP contribution is 2.38. The Balaban J connectivity index is 1.29. The molecule has 3 aromatic carbocycles. The summed E-state index contributed by atoms with van der Waals surface area (Å²) in [5.41, 5.74) is 1.15. The van der Waals surface area contributed by atoms with Gasteiger partial charge in [0.15, 0.2) is 0 Å². The molecule has 1 atom stereocenters. The number of alkyl halides is 3. The van der Waals surface area contributed by atoms with Gasteiger partial charge in [0.25, 0.3) is 0 Å². The molecule has 0 radical (unpaired) electrons. The highest BCUT2D eigenvalue weighted by molar-refractivity contribution is 5.71. The van der Waals surface area contributed by atoms with Crippen molar-refractivity contribution in [2.75, 3.05) is 26.2 Å². The Morgan fingerprint density at radius 3 is 2.61 bits per heavy atom. The van der Waals surface area contributed by atoms with E-state index in [0.717, 1.165) is 11.6 Å². The second-order valence-electron chi connectivity index (χ2n) is 9.50. The van der Waals surface area contributed by atoms with E-state index in [1.807, 2.05) is 4.90 Å². The van der Waals surface area contributed by atoms with Crippen LogP contribution in [0.2, 0.25) is 0 Å². The number of aliphatic carboxylic acids is 1. The fraction of sp³-hybridized carbons (Fsp3) is 0.276. The minimum Gasteiger partial charge on any atom is -0.489 e. The van der Waals surface area contributed by atoms with Crippen molar-refractivity contribution >= 4 is 12.0 Å². The highest BCUT2D eigenvalue weighted by Gasteiger charge is 2.34. The quantitative estimate of drug-likeness (QED) is 0.367. The molecule has 0 aliphatic carbocycles. The number of carboxylic acid groups (broad SMARTS) is 1. The van der Waals surface area contributed by atoms with E-state index in [1.54, 1.807) is 42.5 Å². The molecule has 38 heavy (non-hydrogen) atoms. The van der Waals surface area contributed by atoms with Crippen LogP contribution >= 0.6 is 0 Å². The molecule has 2 aliphatic heterocycles. The Kier molecular flexibility index (Phi) is 7.12. The van der Waals surface area contributed by atoms with Gasteiger partial charge in [0, 0.05) is 25.2 Å². The predicted octanol–water partition coefficient (Wildman–Crippen LogP) is 6.27. The lowest BCUT2D eigenvalue weighted by Crippen LogP contribution is -2.27. The van der Waals surface area contributed by atoms with E-state index < -0.39 is 29.4 Å². The average Bonchev–Trinajstić information content (AvgIpc) is 3.37. The molecule has 198 valence electrons. The smallest absolute Gasteiger partial charge is 0.417 e. The fourth-order valence-corrected chi connectivity index (χ4v) is 4.84. The zero-order valence-corrected chi connectivity index (χ0v) is 20.3. The van der Waals surface area contributed by atoms with E-state index in [1.165, 1.54) is 18.2 Å². The van der Waals surface area contributed by atoms with E-state index in [0.29, 0.717) is 37.2 Å². The molecule has 1 saturated heterocycles. The van der Waals surface area contributed by atoms with Crippen LogP contribution in [0.15, 0.2) is 66.2 Å². The molecule has 0 aromatic heterocycles. The molecule has 0 amide bonds. The summed E-state index contributed by atoms with van der Waals surface area (Å²) in [6.07, 6.45) is -2.28. The van der Waals surface area contributed by atoms with Gasteiger partial charge >= 0.3 is 12.1 Å². The Hall–Kier alpha value is -3.85. The first-order chi connectivity index (χ1) is 18.2. The van der Waals surface area contributed by atoms with Gasteiger partial charge in [-0.3, -0.25) is 9.69 Å². The van der Waals surface area contributed by atoms with Crippen molar-refractivity contribution < 1.29 is 36.9 Å². The van der Waals surface area contributed by atoms with E-state index in [4.69, 9.17) is 9.47 Å². The van der Waals surface area contributed by atoms with Crippen LogP contribution in [0.4, 0.5) is 17.6 Å². The normalized spacial score (nSPS) is 17.5. The number of nitrogens with zero attached hydrogens (tertiary/aromatic N) is 1. The zero-order valence-electron chi connectivity index (χ0n) is 20.3. The summed E-state index contributed by atoms with van der Waals surface area (Å²) in [6.45, 7) is 1.62. The molecule has 3 aromatic rings. The molecule has 0 saturated carbocycles. The van der Waals surface area contributed by atoms with Crippen LogP contribution in [0.1, 0.15) is 23.1 Å². The summed E-state index contributed by atoms with van der Waals surface area (Å²) in [6, 6.07) is 15.1. The third-order valence-corrected chi connectivity index (χ3v) is 6.75. The number of benzene rings is 3. The first-order valence-corrected chi connectivity index (χ1v) is 12.2. The Bertz CT molecular complexity index is 1370. The van der Waals surface area contributed by atoms with Gasteiger partial charge in [0.05, 0.1) is 17.0 Å². The molecule has 2 aliphatic rings. The second-order valence-corrected chi connectivity index (χ2v) is 9.50. The molecule has 0 bridgehead atoms. The lowest BCUT2D eigenvalue weighted by Gasteiger charge is -2.23. The number of hydrogen-bond acceptors (Lipinski definition) is 4. The molecule has 0 spiro atoms. The average molecular weight is 528 g/mol. The van der Waals surface area contributed by atoms with Crippen LogP contribution in [0.25, 0.3) is 17.2 Å².